The average molecular weight is 555 g/mol. The number of aromatic carboxylic acids is 1. The number of halogens is 1. The molecule has 2 N–H and O–H groups in total. The quantitative estimate of drug-likeness (QED) is 0.319. The van der Waals surface area contributed by atoms with Crippen LogP contribution in [-0.2, 0) is 9.53 Å². The minimum atomic E-state index is -1.09. The van der Waals surface area contributed by atoms with Crippen LogP contribution < -0.4 is 15.6 Å². The first-order valence-electron chi connectivity index (χ1n) is 12.2. The van der Waals surface area contributed by atoms with E-state index < -0.39 is 29.1 Å². The summed E-state index contributed by atoms with van der Waals surface area (Å²) in [7, 11) is 1.42. The van der Waals surface area contributed by atoms with E-state index in [0.29, 0.717) is 27.4 Å². The minimum absolute atomic E-state index is 0.0746. The second-order valence-corrected chi connectivity index (χ2v) is 10.3. The molecule has 39 heavy (non-hydrogen) atoms. The van der Waals surface area contributed by atoms with Crippen molar-refractivity contribution in [1.82, 2.24) is 4.57 Å². The van der Waals surface area contributed by atoms with E-state index in [1.54, 1.807) is 18.2 Å². The van der Waals surface area contributed by atoms with Crippen molar-refractivity contribution in [1.29, 1.82) is 0 Å². The van der Waals surface area contributed by atoms with Crippen molar-refractivity contribution in [3.63, 3.8) is 0 Å². The van der Waals surface area contributed by atoms with E-state index in [0.717, 1.165) is 0 Å². The van der Waals surface area contributed by atoms with Gasteiger partial charge in [0.15, 0.2) is 5.78 Å². The number of pyridine rings is 1. The number of benzene rings is 2. The van der Waals surface area contributed by atoms with Crippen molar-refractivity contribution in [2.24, 2.45) is 0 Å². The number of nitrogens with zero attached hydrogens (tertiary/aromatic N) is 1. The first-order chi connectivity index (χ1) is 18.3. The molecule has 0 saturated carbocycles. The number of carbonyl (C=O) groups is 3. The summed E-state index contributed by atoms with van der Waals surface area (Å²) in [5.41, 5.74) is 0.645. The van der Waals surface area contributed by atoms with Gasteiger partial charge < -0.3 is 19.9 Å². The molecule has 3 aromatic rings. The maximum atomic E-state index is 13.4. The summed E-state index contributed by atoms with van der Waals surface area (Å²) < 4.78 is 12.7. The molecule has 0 aliphatic rings. The third-order valence-electron chi connectivity index (χ3n) is 5.88. The van der Waals surface area contributed by atoms with E-state index in [-0.39, 0.29) is 30.1 Å². The molecule has 1 heterocycles. The van der Waals surface area contributed by atoms with Gasteiger partial charge in [-0.25, -0.2) is 4.79 Å². The second-order valence-electron chi connectivity index (χ2n) is 9.88. The lowest BCUT2D eigenvalue weighted by molar-refractivity contribution is -0.120. The van der Waals surface area contributed by atoms with Crippen molar-refractivity contribution in [3.8, 4) is 16.9 Å². The molecule has 206 valence electrons. The van der Waals surface area contributed by atoms with Gasteiger partial charge in [-0.2, -0.15) is 0 Å². The predicted octanol–water partition coefficient (Wildman–Crippen LogP) is 5.46. The highest BCUT2D eigenvalue weighted by atomic mass is 35.5. The van der Waals surface area contributed by atoms with E-state index in [1.807, 2.05) is 20.8 Å². The van der Waals surface area contributed by atoms with Gasteiger partial charge in [0.1, 0.15) is 11.8 Å². The SMILES string of the molecule is COc1cn(C(CCOC(C)(C)C)C(=O)Nc2ccc(C(=O)O)cc2)c(=O)cc1-c1cc(Cl)ccc1C(C)=O. The Hall–Kier alpha value is -3.95. The molecule has 0 bridgehead atoms. The molecule has 0 saturated heterocycles. The number of ketones is 1. The largest absolute Gasteiger partial charge is 0.495 e. The highest BCUT2D eigenvalue weighted by Gasteiger charge is 2.25. The monoisotopic (exact) mass is 554 g/mol. The Morgan fingerprint density at radius 1 is 1.05 bits per heavy atom. The van der Waals surface area contributed by atoms with Crippen LogP contribution in [0, 0.1) is 0 Å². The summed E-state index contributed by atoms with van der Waals surface area (Å²) >= 11 is 6.19. The van der Waals surface area contributed by atoms with Gasteiger partial charge in [0.25, 0.3) is 5.56 Å². The van der Waals surface area contributed by atoms with Gasteiger partial charge in [-0.3, -0.25) is 19.0 Å². The fraction of sp³-hybridized carbons (Fsp3) is 0.310. The highest BCUT2D eigenvalue weighted by molar-refractivity contribution is 6.31. The summed E-state index contributed by atoms with van der Waals surface area (Å²) in [6.07, 6.45) is 1.59. The molecule has 0 spiro atoms. The van der Waals surface area contributed by atoms with Crippen LogP contribution in [0.1, 0.15) is 60.9 Å². The molecule has 9 nitrogen and oxygen atoms in total. The van der Waals surface area contributed by atoms with Crippen molar-refractivity contribution < 1.29 is 29.0 Å². The predicted molar refractivity (Wildman–Crippen MR) is 149 cm³/mol. The number of carbonyl (C=O) groups excluding carboxylic acids is 2. The van der Waals surface area contributed by atoms with Crippen LogP contribution in [0.2, 0.25) is 5.02 Å². The smallest absolute Gasteiger partial charge is 0.335 e. The maximum Gasteiger partial charge on any atom is 0.335 e. The zero-order chi connectivity index (χ0) is 28.9. The summed E-state index contributed by atoms with van der Waals surface area (Å²) in [6.45, 7) is 7.24. The number of nitrogens with one attached hydrogen (secondary N) is 1. The van der Waals surface area contributed by atoms with E-state index >= 15 is 0 Å². The van der Waals surface area contributed by atoms with Crippen molar-refractivity contribution in [3.05, 3.63) is 81.2 Å². The Bertz CT molecular complexity index is 1440. The van der Waals surface area contributed by atoms with Crippen LogP contribution in [0.4, 0.5) is 5.69 Å². The minimum Gasteiger partial charge on any atom is -0.495 e. The lowest BCUT2D eigenvalue weighted by atomic mass is 9.97. The molecule has 3 rings (SSSR count). The lowest BCUT2D eigenvalue weighted by Gasteiger charge is -2.24. The van der Waals surface area contributed by atoms with Crippen LogP contribution in [-0.4, -0.2) is 46.7 Å². The van der Waals surface area contributed by atoms with Gasteiger partial charge in [-0.05, 0) is 75.7 Å². The zero-order valence-corrected chi connectivity index (χ0v) is 23.2. The van der Waals surface area contributed by atoms with Crippen LogP contribution in [0.5, 0.6) is 5.75 Å². The van der Waals surface area contributed by atoms with Crippen LogP contribution in [0.3, 0.4) is 0 Å². The number of anilines is 1. The third kappa shape index (κ3) is 7.55. The Kier molecular flexibility index (Phi) is 9.32. The van der Waals surface area contributed by atoms with Crippen molar-refractivity contribution in [2.45, 2.75) is 45.8 Å². The maximum absolute atomic E-state index is 13.4. The molecule has 1 aromatic heterocycles. The molecule has 2 aromatic carbocycles. The normalized spacial score (nSPS) is 12.1. The Morgan fingerprint density at radius 3 is 2.28 bits per heavy atom. The number of ether oxygens (including phenoxy) is 2. The summed E-state index contributed by atoms with van der Waals surface area (Å²) in [5.74, 6) is -1.53. The Labute approximate surface area is 231 Å². The average Bonchev–Trinajstić information content (AvgIpc) is 2.86. The standard InChI is InChI=1S/C29H31ClN2O7/c1-17(33)21-11-8-19(30)14-22(21)23-15-26(34)32(16-25(23)38-5)24(12-13-39-29(2,3)4)27(35)31-20-9-6-18(7-10-20)28(36)37/h6-11,14-16,24H,12-13H2,1-5H3,(H,31,35)(H,36,37). The second kappa shape index (κ2) is 12.3. The molecular formula is C29H31ClN2O7. The molecular weight excluding hydrogens is 524 g/mol. The molecule has 1 unspecified atom stereocenters. The van der Waals surface area contributed by atoms with Crippen LogP contribution in [0.15, 0.2) is 59.5 Å². The fourth-order valence-electron chi connectivity index (χ4n) is 3.99. The number of carboxylic acids is 1. The van der Waals surface area contributed by atoms with Gasteiger partial charge in [0.05, 0.1) is 24.5 Å². The number of hydrogen-bond donors (Lipinski definition) is 2. The highest BCUT2D eigenvalue weighted by Crippen LogP contribution is 2.34. The van der Waals surface area contributed by atoms with E-state index in [9.17, 15) is 19.2 Å². The third-order valence-corrected chi connectivity index (χ3v) is 6.11. The molecule has 10 heteroatoms. The fourth-order valence-corrected chi connectivity index (χ4v) is 4.16. The number of carboxylic acid groups (broad SMARTS) is 1. The number of hydrogen-bond acceptors (Lipinski definition) is 6. The summed E-state index contributed by atoms with van der Waals surface area (Å²) in [4.78, 5) is 50.3. The topological polar surface area (TPSA) is 124 Å². The zero-order valence-electron chi connectivity index (χ0n) is 22.4. The Morgan fingerprint density at radius 2 is 1.72 bits per heavy atom. The van der Waals surface area contributed by atoms with E-state index in [1.165, 1.54) is 55.1 Å². The number of amides is 1. The number of aromatic nitrogens is 1. The van der Waals surface area contributed by atoms with Crippen LogP contribution in [0.25, 0.3) is 11.1 Å². The lowest BCUT2D eigenvalue weighted by Crippen LogP contribution is -2.34. The molecule has 1 amide bonds. The first-order valence-corrected chi connectivity index (χ1v) is 12.6. The van der Waals surface area contributed by atoms with Crippen molar-refractivity contribution in [2.75, 3.05) is 19.0 Å². The number of rotatable bonds is 10. The summed E-state index contributed by atoms with van der Waals surface area (Å²) in [6, 6.07) is 10.8. The van der Waals surface area contributed by atoms with Gasteiger partial charge >= 0.3 is 5.97 Å². The molecule has 0 fully saturated rings. The molecule has 0 aliphatic heterocycles. The van der Waals surface area contributed by atoms with E-state index in [4.69, 9.17) is 26.2 Å². The first kappa shape index (κ1) is 29.6. The molecule has 0 radical (unpaired) electrons. The Balaban J connectivity index is 2.05. The summed E-state index contributed by atoms with van der Waals surface area (Å²) in [5, 5.41) is 12.3. The van der Waals surface area contributed by atoms with Gasteiger partial charge in [-0.1, -0.05) is 11.6 Å². The molecule has 1 atom stereocenters. The van der Waals surface area contributed by atoms with E-state index in [2.05, 4.69) is 5.32 Å². The van der Waals surface area contributed by atoms with Gasteiger partial charge in [0.2, 0.25) is 5.91 Å². The molecule has 0 aliphatic carbocycles. The van der Waals surface area contributed by atoms with Crippen LogP contribution >= 0.6 is 11.6 Å². The van der Waals surface area contributed by atoms with Gasteiger partial charge in [-0.15, -0.1) is 0 Å². The van der Waals surface area contributed by atoms with Crippen molar-refractivity contribution >= 4 is 34.9 Å². The van der Waals surface area contributed by atoms with Gasteiger partial charge in [0, 0.05) is 40.9 Å². The number of Topliss-reactive ketones (excluding diaryl/α,β-unsaturated/α-hetero) is 1. The number of methoxy groups -OCH3 is 1.